The second-order valence-corrected chi connectivity index (χ2v) is 12.0. The summed E-state index contributed by atoms with van der Waals surface area (Å²) in [5.74, 6) is 0. The van der Waals surface area contributed by atoms with Crippen LogP contribution in [0.25, 0.3) is 82.5 Å². The summed E-state index contributed by atoms with van der Waals surface area (Å²) in [6, 6.07) is 56.6. The highest BCUT2D eigenvalue weighted by Crippen LogP contribution is 2.39. The maximum absolute atomic E-state index is 6.79. The highest BCUT2D eigenvalue weighted by molar-refractivity contribution is 6.14. The molecule has 4 nitrogen and oxygen atoms in total. The quantitative estimate of drug-likeness (QED) is 0.205. The van der Waals surface area contributed by atoms with E-state index in [1.165, 1.54) is 49.0 Å². The number of para-hydroxylation sites is 6. The Morgan fingerprint density at radius 2 is 0.609 bits per heavy atom. The molecule has 0 radical (unpaired) electrons. The lowest BCUT2D eigenvalue weighted by Crippen LogP contribution is -2.04. The van der Waals surface area contributed by atoms with Crippen molar-refractivity contribution in [3.05, 3.63) is 158 Å². The van der Waals surface area contributed by atoms with Gasteiger partial charge in [0, 0.05) is 32.3 Å². The summed E-state index contributed by atoms with van der Waals surface area (Å²) in [5, 5.41) is 7.29. The molecule has 4 heteroatoms. The Labute approximate surface area is 264 Å². The highest BCUT2D eigenvalue weighted by Gasteiger charge is 2.20. The van der Waals surface area contributed by atoms with Crippen LogP contribution in [-0.4, -0.2) is 13.7 Å². The van der Waals surface area contributed by atoms with Gasteiger partial charge in [0.25, 0.3) is 0 Å². The Kier molecular flexibility index (Phi) is 5.11. The van der Waals surface area contributed by atoms with Crippen LogP contribution in [0.3, 0.4) is 0 Å². The number of aromatic nitrogens is 3. The zero-order valence-corrected chi connectivity index (χ0v) is 24.9. The lowest BCUT2D eigenvalue weighted by atomic mass is 10.1. The molecule has 0 unspecified atom stereocenters. The summed E-state index contributed by atoms with van der Waals surface area (Å²) in [6.07, 6.45) is 0. The summed E-state index contributed by atoms with van der Waals surface area (Å²) in [5.41, 5.74) is 17.6. The fourth-order valence-corrected chi connectivity index (χ4v) is 7.68. The molecule has 0 saturated heterocycles. The predicted octanol–water partition coefficient (Wildman–Crippen LogP) is 10.6. The first kappa shape index (κ1) is 25.1. The molecule has 0 aliphatic heterocycles. The van der Waals surface area contributed by atoms with Crippen molar-refractivity contribution in [3.63, 3.8) is 0 Å². The minimum Gasteiger partial charge on any atom is -0.397 e. The molecule has 0 bridgehead atoms. The molecule has 0 spiro atoms. The standard InChI is InChI=1S/C42H28N4/c43-36-18-11-17-35-34-16-5-10-23-41(34)46(42(35)36)29-25-27(44-37-19-6-1-12-30(37)31-13-2-7-20-38(31)44)24-28(26-29)45-39-21-8-3-14-32(39)33-15-4-9-22-40(33)45/h1-26H,43H2. The molecular weight excluding hydrogens is 560 g/mol. The van der Waals surface area contributed by atoms with Gasteiger partial charge in [-0.15, -0.1) is 0 Å². The Morgan fingerprint density at radius 3 is 1.02 bits per heavy atom. The predicted molar refractivity (Wildman–Crippen MR) is 194 cm³/mol. The second-order valence-electron chi connectivity index (χ2n) is 12.0. The zero-order valence-electron chi connectivity index (χ0n) is 24.9. The molecule has 216 valence electrons. The third-order valence-electron chi connectivity index (χ3n) is 9.55. The van der Waals surface area contributed by atoms with Crippen molar-refractivity contribution in [2.45, 2.75) is 0 Å². The van der Waals surface area contributed by atoms with E-state index >= 15 is 0 Å². The first-order chi connectivity index (χ1) is 22.8. The van der Waals surface area contributed by atoms with Crippen molar-refractivity contribution < 1.29 is 0 Å². The molecular formula is C42H28N4. The van der Waals surface area contributed by atoms with Gasteiger partial charge in [-0.2, -0.15) is 0 Å². The third-order valence-corrected chi connectivity index (χ3v) is 9.55. The van der Waals surface area contributed by atoms with E-state index in [2.05, 4.69) is 159 Å². The normalized spacial score (nSPS) is 12.0. The monoisotopic (exact) mass is 588 g/mol. The van der Waals surface area contributed by atoms with Crippen LogP contribution in [-0.2, 0) is 0 Å². The largest absolute Gasteiger partial charge is 0.397 e. The number of hydrogen-bond donors (Lipinski definition) is 1. The summed E-state index contributed by atoms with van der Waals surface area (Å²) >= 11 is 0. The van der Waals surface area contributed by atoms with E-state index in [1.54, 1.807) is 0 Å². The van der Waals surface area contributed by atoms with E-state index in [0.29, 0.717) is 0 Å². The van der Waals surface area contributed by atoms with E-state index in [-0.39, 0.29) is 0 Å². The maximum Gasteiger partial charge on any atom is 0.0771 e. The molecule has 0 aliphatic carbocycles. The molecule has 46 heavy (non-hydrogen) atoms. The Hall–Kier alpha value is -6.26. The van der Waals surface area contributed by atoms with Crippen LogP contribution in [0.2, 0.25) is 0 Å². The Bertz CT molecular complexity index is 2590. The zero-order chi connectivity index (χ0) is 30.4. The SMILES string of the molecule is Nc1cccc2c3ccccc3n(-c3cc(-n4c5ccccc5c5ccccc54)cc(-n4c5ccccc5c5ccccc54)c3)c12. The van der Waals surface area contributed by atoms with Crippen LogP contribution in [0.5, 0.6) is 0 Å². The van der Waals surface area contributed by atoms with Gasteiger partial charge >= 0.3 is 0 Å². The van der Waals surface area contributed by atoms with Gasteiger partial charge in [-0.05, 0) is 54.6 Å². The van der Waals surface area contributed by atoms with E-state index in [4.69, 9.17) is 5.73 Å². The van der Waals surface area contributed by atoms with Crippen molar-refractivity contribution in [2.24, 2.45) is 0 Å². The lowest BCUT2D eigenvalue weighted by Gasteiger charge is -2.17. The molecule has 10 rings (SSSR count). The average molecular weight is 589 g/mol. The number of nitrogen functional groups attached to an aromatic ring is 1. The fraction of sp³-hybridized carbons (Fsp3) is 0. The molecule has 10 aromatic rings. The van der Waals surface area contributed by atoms with Crippen molar-refractivity contribution in [2.75, 3.05) is 5.73 Å². The van der Waals surface area contributed by atoms with Gasteiger partial charge in [-0.3, -0.25) is 0 Å². The van der Waals surface area contributed by atoms with Crippen LogP contribution >= 0.6 is 0 Å². The molecule has 3 aromatic heterocycles. The van der Waals surface area contributed by atoms with Gasteiger partial charge in [0.2, 0.25) is 0 Å². The van der Waals surface area contributed by atoms with Gasteiger partial charge < -0.3 is 19.4 Å². The van der Waals surface area contributed by atoms with Crippen LogP contribution in [0.1, 0.15) is 0 Å². The van der Waals surface area contributed by atoms with Crippen molar-refractivity contribution in [1.82, 2.24) is 13.7 Å². The first-order valence-electron chi connectivity index (χ1n) is 15.7. The summed E-state index contributed by atoms with van der Waals surface area (Å²) in [7, 11) is 0. The van der Waals surface area contributed by atoms with Gasteiger partial charge in [0.05, 0.1) is 55.8 Å². The minimum atomic E-state index is 0.759. The molecule has 0 saturated carbocycles. The van der Waals surface area contributed by atoms with E-state index in [9.17, 15) is 0 Å². The van der Waals surface area contributed by atoms with Gasteiger partial charge in [-0.1, -0.05) is 103 Å². The Morgan fingerprint density at radius 1 is 0.304 bits per heavy atom. The van der Waals surface area contributed by atoms with Crippen LogP contribution in [0, 0.1) is 0 Å². The molecule has 7 aromatic carbocycles. The van der Waals surface area contributed by atoms with Crippen molar-refractivity contribution >= 4 is 71.1 Å². The number of anilines is 1. The number of fused-ring (bicyclic) bond motifs is 9. The molecule has 3 heterocycles. The second kappa shape index (κ2) is 9.37. The van der Waals surface area contributed by atoms with Gasteiger partial charge in [0.15, 0.2) is 0 Å². The summed E-state index contributed by atoms with van der Waals surface area (Å²) in [4.78, 5) is 0. The lowest BCUT2D eigenvalue weighted by molar-refractivity contribution is 1.10. The third kappa shape index (κ3) is 3.38. The maximum atomic E-state index is 6.79. The topological polar surface area (TPSA) is 40.8 Å². The minimum absolute atomic E-state index is 0.759. The van der Waals surface area contributed by atoms with Crippen molar-refractivity contribution in [1.29, 1.82) is 0 Å². The van der Waals surface area contributed by atoms with E-state index in [0.717, 1.165) is 39.2 Å². The van der Waals surface area contributed by atoms with E-state index in [1.807, 2.05) is 12.1 Å². The van der Waals surface area contributed by atoms with Gasteiger partial charge in [-0.25, -0.2) is 0 Å². The van der Waals surface area contributed by atoms with Crippen LogP contribution in [0.4, 0.5) is 5.69 Å². The summed E-state index contributed by atoms with van der Waals surface area (Å²) < 4.78 is 7.15. The fourth-order valence-electron chi connectivity index (χ4n) is 7.68. The summed E-state index contributed by atoms with van der Waals surface area (Å²) in [6.45, 7) is 0. The van der Waals surface area contributed by atoms with Gasteiger partial charge in [0.1, 0.15) is 0 Å². The van der Waals surface area contributed by atoms with Crippen LogP contribution < -0.4 is 5.73 Å². The molecule has 0 fully saturated rings. The molecule has 0 aliphatic rings. The average Bonchev–Trinajstić information content (AvgIpc) is 3.75. The number of hydrogen-bond acceptors (Lipinski definition) is 1. The number of nitrogens with zero attached hydrogens (tertiary/aromatic N) is 3. The van der Waals surface area contributed by atoms with E-state index < -0.39 is 0 Å². The van der Waals surface area contributed by atoms with Crippen molar-refractivity contribution in [3.8, 4) is 17.1 Å². The number of nitrogens with two attached hydrogens (primary N) is 1. The highest BCUT2D eigenvalue weighted by atomic mass is 15.0. The molecule has 0 amide bonds. The number of rotatable bonds is 3. The first-order valence-corrected chi connectivity index (χ1v) is 15.7. The number of benzene rings is 7. The van der Waals surface area contributed by atoms with Crippen LogP contribution in [0.15, 0.2) is 158 Å². The molecule has 2 N–H and O–H groups in total. The molecule has 0 atom stereocenters. The smallest absolute Gasteiger partial charge is 0.0771 e. The Balaban J connectivity index is 1.39.